The summed E-state index contributed by atoms with van der Waals surface area (Å²) >= 11 is 0. The van der Waals surface area contributed by atoms with Crippen LogP contribution in [-0.4, -0.2) is 83.4 Å². The lowest BCUT2D eigenvalue weighted by molar-refractivity contribution is -0.154. The van der Waals surface area contributed by atoms with Crippen molar-refractivity contribution in [3.05, 3.63) is 59.7 Å². The highest BCUT2D eigenvalue weighted by atomic mass is 16.5. The smallest absolute Gasteiger partial charge is 0.323 e. The number of hydrogen-bond acceptors (Lipinski definition) is 8. The van der Waals surface area contributed by atoms with Crippen LogP contribution in [0.2, 0.25) is 0 Å². The van der Waals surface area contributed by atoms with Gasteiger partial charge in [-0.3, -0.25) is 19.4 Å². The zero-order valence-corrected chi connectivity index (χ0v) is 19.9. The van der Waals surface area contributed by atoms with Crippen LogP contribution in [0.15, 0.2) is 48.5 Å². The van der Waals surface area contributed by atoms with Gasteiger partial charge in [-0.05, 0) is 62.1 Å². The highest BCUT2D eigenvalue weighted by Crippen LogP contribution is 2.20. The summed E-state index contributed by atoms with van der Waals surface area (Å²) in [5.41, 5.74) is 1.88. The van der Waals surface area contributed by atoms with Crippen LogP contribution in [0.25, 0.3) is 0 Å². The first-order valence-electron chi connectivity index (χ1n) is 11.8. The van der Waals surface area contributed by atoms with E-state index in [-0.39, 0.29) is 23.4 Å². The number of esters is 2. The Morgan fingerprint density at radius 1 is 0.706 bits per heavy atom. The molecule has 1 fully saturated rings. The summed E-state index contributed by atoms with van der Waals surface area (Å²) in [7, 11) is 0. The van der Waals surface area contributed by atoms with Crippen molar-refractivity contribution < 1.29 is 29.3 Å². The van der Waals surface area contributed by atoms with Crippen molar-refractivity contribution in [1.29, 1.82) is 0 Å². The molecule has 1 aliphatic rings. The van der Waals surface area contributed by atoms with E-state index in [1.54, 1.807) is 38.1 Å². The summed E-state index contributed by atoms with van der Waals surface area (Å²) in [5.74, 6) is -0.169. The second-order valence-corrected chi connectivity index (χ2v) is 8.35. The maximum Gasteiger partial charge on any atom is 0.323 e. The molecule has 0 spiro atoms. The zero-order chi connectivity index (χ0) is 24.5. The quantitative estimate of drug-likeness (QED) is 0.511. The topological polar surface area (TPSA) is 99.5 Å². The Bertz CT molecular complexity index is 846. The van der Waals surface area contributed by atoms with Gasteiger partial charge in [-0.1, -0.05) is 24.3 Å². The summed E-state index contributed by atoms with van der Waals surface area (Å²) < 4.78 is 10.7. The molecule has 2 aromatic carbocycles. The molecule has 2 atom stereocenters. The summed E-state index contributed by atoms with van der Waals surface area (Å²) in [6, 6.07) is 12.8. The summed E-state index contributed by atoms with van der Waals surface area (Å²) in [6.07, 6.45) is 0.960. The lowest BCUT2D eigenvalue weighted by Crippen LogP contribution is -2.57. The fraction of sp³-hybridized carbons (Fsp3) is 0.462. The van der Waals surface area contributed by atoms with E-state index in [1.165, 1.54) is 0 Å². The first kappa shape index (κ1) is 25.5. The van der Waals surface area contributed by atoms with E-state index in [4.69, 9.17) is 9.47 Å². The lowest BCUT2D eigenvalue weighted by atomic mass is 10.0. The second-order valence-electron chi connectivity index (χ2n) is 8.35. The Labute approximate surface area is 200 Å². The molecule has 0 aliphatic carbocycles. The maximum atomic E-state index is 12.8. The molecule has 3 rings (SSSR count). The number of nitrogens with zero attached hydrogens (tertiary/aromatic N) is 2. The SMILES string of the molecule is CCOC(=O)[C@H](Cc1ccc(O)cc1)N1CCN([C@@H](Cc2ccc(O)cc2)C(=O)OCC)CC1. The fourth-order valence-corrected chi connectivity index (χ4v) is 4.27. The van der Waals surface area contributed by atoms with Gasteiger partial charge in [-0.25, -0.2) is 0 Å². The molecular weight excluding hydrogens is 436 g/mol. The van der Waals surface area contributed by atoms with E-state index < -0.39 is 12.1 Å². The zero-order valence-electron chi connectivity index (χ0n) is 19.9. The van der Waals surface area contributed by atoms with E-state index in [0.717, 1.165) is 11.1 Å². The van der Waals surface area contributed by atoms with Crippen molar-refractivity contribution >= 4 is 11.9 Å². The van der Waals surface area contributed by atoms with Crippen molar-refractivity contribution in [2.75, 3.05) is 39.4 Å². The summed E-state index contributed by atoms with van der Waals surface area (Å²) in [6.45, 7) is 6.62. The average molecular weight is 471 g/mol. The van der Waals surface area contributed by atoms with Crippen LogP contribution in [0.3, 0.4) is 0 Å². The minimum atomic E-state index is -0.440. The second kappa shape index (κ2) is 12.4. The molecule has 0 unspecified atom stereocenters. The van der Waals surface area contributed by atoms with Crippen molar-refractivity contribution in [3.8, 4) is 11.5 Å². The van der Waals surface area contributed by atoms with Crippen molar-refractivity contribution in [2.45, 2.75) is 38.8 Å². The predicted molar refractivity (Wildman–Crippen MR) is 128 cm³/mol. The number of piperazine rings is 1. The molecule has 1 aliphatic heterocycles. The first-order valence-corrected chi connectivity index (χ1v) is 11.8. The number of aromatic hydroxyl groups is 2. The number of carbonyl (C=O) groups is 2. The number of phenols is 2. The molecule has 0 saturated carbocycles. The van der Waals surface area contributed by atoms with Gasteiger partial charge >= 0.3 is 11.9 Å². The highest BCUT2D eigenvalue weighted by Gasteiger charge is 2.35. The Hall–Kier alpha value is -3.10. The predicted octanol–water partition coefficient (Wildman–Crippen LogP) is 2.36. The molecule has 1 heterocycles. The number of ether oxygens (including phenoxy) is 2. The monoisotopic (exact) mass is 470 g/mol. The maximum absolute atomic E-state index is 12.8. The standard InChI is InChI=1S/C26H34N2O6/c1-3-33-25(31)23(17-19-5-9-21(29)10-6-19)27-13-15-28(16-14-27)24(26(32)34-4-2)18-20-7-11-22(30)12-8-20/h5-12,23-24,29-30H,3-4,13-18H2,1-2H3/t23-,24-/m0/s1. The Balaban J connectivity index is 1.70. The van der Waals surface area contributed by atoms with E-state index in [1.807, 2.05) is 24.3 Å². The van der Waals surface area contributed by atoms with Crippen LogP contribution in [0, 0.1) is 0 Å². The molecule has 8 heteroatoms. The van der Waals surface area contributed by atoms with E-state index >= 15 is 0 Å². The molecular formula is C26H34N2O6. The van der Waals surface area contributed by atoms with Crippen LogP contribution < -0.4 is 0 Å². The van der Waals surface area contributed by atoms with Crippen LogP contribution in [-0.2, 0) is 31.9 Å². The Morgan fingerprint density at radius 2 is 1.03 bits per heavy atom. The van der Waals surface area contributed by atoms with Gasteiger partial charge in [0.1, 0.15) is 23.6 Å². The first-order chi connectivity index (χ1) is 16.4. The summed E-state index contributed by atoms with van der Waals surface area (Å²) in [5, 5.41) is 19.1. The fourth-order valence-electron chi connectivity index (χ4n) is 4.27. The summed E-state index contributed by atoms with van der Waals surface area (Å²) in [4.78, 5) is 29.7. The van der Waals surface area contributed by atoms with Crippen molar-refractivity contribution in [3.63, 3.8) is 0 Å². The normalized spacial score (nSPS) is 16.5. The molecule has 184 valence electrons. The third-order valence-electron chi connectivity index (χ3n) is 6.08. The van der Waals surface area contributed by atoms with Gasteiger partial charge < -0.3 is 19.7 Å². The van der Waals surface area contributed by atoms with Gasteiger partial charge in [0.05, 0.1) is 13.2 Å². The molecule has 0 radical (unpaired) electrons. The Kier molecular flexibility index (Phi) is 9.30. The molecule has 8 nitrogen and oxygen atoms in total. The molecule has 34 heavy (non-hydrogen) atoms. The van der Waals surface area contributed by atoms with Gasteiger partial charge in [-0.2, -0.15) is 0 Å². The van der Waals surface area contributed by atoms with Crippen molar-refractivity contribution in [1.82, 2.24) is 9.80 Å². The highest BCUT2D eigenvalue weighted by molar-refractivity contribution is 5.77. The molecule has 2 aromatic rings. The molecule has 2 N–H and O–H groups in total. The third kappa shape index (κ3) is 6.95. The van der Waals surface area contributed by atoms with E-state index in [2.05, 4.69) is 9.80 Å². The molecule has 1 saturated heterocycles. The number of phenolic OH excluding ortho intramolecular Hbond substituents is 2. The minimum absolute atomic E-state index is 0.184. The number of hydrogen-bond donors (Lipinski definition) is 2. The Morgan fingerprint density at radius 3 is 1.32 bits per heavy atom. The number of benzene rings is 2. The van der Waals surface area contributed by atoms with Crippen LogP contribution >= 0.6 is 0 Å². The van der Waals surface area contributed by atoms with E-state index in [9.17, 15) is 19.8 Å². The van der Waals surface area contributed by atoms with Gasteiger partial charge in [-0.15, -0.1) is 0 Å². The molecule has 0 aromatic heterocycles. The van der Waals surface area contributed by atoms with Crippen molar-refractivity contribution in [2.24, 2.45) is 0 Å². The van der Waals surface area contributed by atoms with E-state index in [0.29, 0.717) is 52.2 Å². The van der Waals surface area contributed by atoms with Crippen LogP contribution in [0.5, 0.6) is 11.5 Å². The average Bonchev–Trinajstić information content (AvgIpc) is 2.84. The van der Waals surface area contributed by atoms with Crippen LogP contribution in [0.4, 0.5) is 0 Å². The molecule has 0 bridgehead atoms. The van der Waals surface area contributed by atoms with Gasteiger partial charge in [0.2, 0.25) is 0 Å². The lowest BCUT2D eigenvalue weighted by Gasteiger charge is -2.40. The molecule has 0 amide bonds. The largest absolute Gasteiger partial charge is 0.508 e. The minimum Gasteiger partial charge on any atom is -0.508 e. The number of carbonyl (C=O) groups excluding carboxylic acids is 2. The van der Waals surface area contributed by atoms with Gasteiger partial charge in [0, 0.05) is 26.2 Å². The van der Waals surface area contributed by atoms with Gasteiger partial charge in [0.15, 0.2) is 0 Å². The van der Waals surface area contributed by atoms with Crippen LogP contribution in [0.1, 0.15) is 25.0 Å². The number of rotatable bonds is 10. The third-order valence-corrected chi connectivity index (χ3v) is 6.08. The van der Waals surface area contributed by atoms with Gasteiger partial charge in [0.25, 0.3) is 0 Å².